The van der Waals surface area contributed by atoms with Gasteiger partial charge in [0.25, 0.3) is 0 Å². The van der Waals surface area contributed by atoms with E-state index in [9.17, 15) is 0 Å². The van der Waals surface area contributed by atoms with E-state index in [1.54, 1.807) is 0 Å². The lowest BCUT2D eigenvalue weighted by molar-refractivity contribution is 0.457. The third-order valence-corrected chi connectivity index (χ3v) is 4.11. The van der Waals surface area contributed by atoms with Crippen LogP contribution in [-0.2, 0) is 6.42 Å². The summed E-state index contributed by atoms with van der Waals surface area (Å²) in [5.41, 5.74) is 1.34. The third-order valence-electron chi connectivity index (χ3n) is 2.92. The normalized spacial score (nSPS) is 14.4. The van der Waals surface area contributed by atoms with Crippen molar-refractivity contribution in [2.24, 2.45) is 0 Å². The van der Waals surface area contributed by atoms with Crippen LogP contribution in [0.4, 0.5) is 0 Å². The fourth-order valence-electron chi connectivity index (χ4n) is 2.01. The molecule has 0 aliphatic rings. The lowest BCUT2D eigenvalue weighted by atomic mass is 10.1. The lowest BCUT2D eigenvalue weighted by Crippen LogP contribution is -2.36. The monoisotopic (exact) mass is 285 g/mol. The molecule has 0 aromatic heterocycles. The van der Waals surface area contributed by atoms with Crippen LogP contribution in [0.15, 0.2) is 24.3 Å². The minimum absolute atomic E-state index is 0.507. The van der Waals surface area contributed by atoms with Crippen molar-refractivity contribution in [3.05, 3.63) is 34.9 Å². The van der Waals surface area contributed by atoms with Gasteiger partial charge in [0.15, 0.2) is 0 Å². The molecule has 3 heteroatoms. The fraction of sp³-hybridized carbons (Fsp3) is 0.600. The molecule has 1 aromatic rings. The average molecular weight is 286 g/mol. The van der Waals surface area contributed by atoms with Gasteiger partial charge in [-0.3, -0.25) is 0 Å². The molecule has 2 unspecified atom stereocenters. The highest BCUT2D eigenvalue weighted by atomic mass is 35.5. The van der Waals surface area contributed by atoms with Gasteiger partial charge in [-0.25, -0.2) is 0 Å². The van der Waals surface area contributed by atoms with Crippen LogP contribution < -0.4 is 5.32 Å². The molecule has 0 amide bonds. The Hall–Kier alpha value is -0.180. The fourth-order valence-corrected chi connectivity index (χ4v) is 2.94. The quantitative estimate of drug-likeness (QED) is 0.711. The van der Waals surface area contributed by atoms with E-state index in [0.29, 0.717) is 12.1 Å². The molecule has 0 bridgehead atoms. The van der Waals surface area contributed by atoms with Gasteiger partial charge in [-0.05, 0) is 55.9 Å². The molecule has 0 aliphatic carbocycles. The second-order valence-corrected chi connectivity index (χ2v) is 6.62. The summed E-state index contributed by atoms with van der Waals surface area (Å²) in [5.74, 6) is 2.46. The molecule has 0 fully saturated rings. The summed E-state index contributed by atoms with van der Waals surface area (Å²) in [6, 6.07) is 9.24. The molecular weight excluding hydrogens is 262 g/mol. The number of thioether (sulfide) groups is 1. The van der Waals surface area contributed by atoms with Gasteiger partial charge in [-0.2, -0.15) is 11.8 Å². The van der Waals surface area contributed by atoms with Gasteiger partial charge in [0.1, 0.15) is 0 Å². The van der Waals surface area contributed by atoms with E-state index >= 15 is 0 Å². The number of halogens is 1. The molecule has 0 saturated carbocycles. The van der Waals surface area contributed by atoms with Crippen molar-refractivity contribution in [2.45, 2.75) is 45.7 Å². The highest BCUT2D eigenvalue weighted by Gasteiger charge is 2.08. The van der Waals surface area contributed by atoms with Crippen LogP contribution in [0.2, 0.25) is 5.02 Å². The number of nitrogens with one attached hydrogen (secondary N) is 1. The van der Waals surface area contributed by atoms with Crippen molar-refractivity contribution in [3.8, 4) is 0 Å². The molecule has 0 heterocycles. The molecular formula is C15H24ClNS. The maximum Gasteiger partial charge on any atom is 0.0406 e. The standard InChI is InChI=1S/C15H24ClNS/c1-4-18-10-9-12(2)17-13(3)11-14-5-7-15(16)8-6-14/h5-8,12-13,17H,4,9-11H2,1-3H3. The lowest BCUT2D eigenvalue weighted by Gasteiger charge is -2.20. The van der Waals surface area contributed by atoms with Gasteiger partial charge in [0.2, 0.25) is 0 Å². The van der Waals surface area contributed by atoms with Crippen LogP contribution in [-0.4, -0.2) is 23.6 Å². The summed E-state index contributed by atoms with van der Waals surface area (Å²) in [4.78, 5) is 0. The predicted molar refractivity (Wildman–Crippen MR) is 84.8 cm³/mol. The topological polar surface area (TPSA) is 12.0 Å². The van der Waals surface area contributed by atoms with Crippen molar-refractivity contribution in [1.82, 2.24) is 5.32 Å². The van der Waals surface area contributed by atoms with Crippen molar-refractivity contribution in [1.29, 1.82) is 0 Å². The van der Waals surface area contributed by atoms with Crippen molar-refractivity contribution in [2.75, 3.05) is 11.5 Å². The van der Waals surface area contributed by atoms with Crippen LogP contribution in [0.1, 0.15) is 32.8 Å². The highest BCUT2D eigenvalue weighted by Crippen LogP contribution is 2.11. The maximum atomic E-state index is 5.89. The summed E-state index contributed by atoms with van der Waals surface area (Å²) < 4.78 is 0. The zero-order valence-electron chi connectivity index (χ0n) is 11.6. The Kier molecular flexibility index (Phi) is 7.80. The summed E-state index contributed by atoms with van der Waals surface area (Å²) in [7, 11) is 0. The van der Waals surface area contributed by atoms with Crippen molar-refractivity contribution >= 4 is 23.4 Å². The summed E-state index contributed by atoms with van der Waals surface area (Å²) in [6.07, 6.45) is 2.30. The Balaban J connectivity index is 2.27. The Morgan fingerprint density at radius 3 is 2.44 bits per heavy atom. The molecule has 2 atom stereocenters. The molecule has 1 rings (SSSR count). The first-order valence-corrected chi connectivity index (χ1v) is 8.23. The zero-order chi connectivity index (χ0) is 13.4. The van der Waals surface area contributed by atoms with E-state index in [0.717, 1.165) is 11.4 Å². The summed E-state index contributed by atoms with van der Waals surface area (Å²) in [5, 5.41) is 4.47. The Bertz CT molecular complexity index is 326. The molecule has 102 valence electrons. The number of benzene rings is 1. The molecule has 0 saturated heterocycles. The minimum Gasteiger partial charge on any atom is -0.311 e. The van der Waals surface area contributed by atoms with Crippen LogP contribution in [0.25, 0.3) is 0 Å². The Morgan fingerprint density at radius 2 is 1.83 bits per heavy atom. The van der Waals surface area contributed by atoms with Crippen LogP contribution in [0.3, 0.4) is 0 Å². The van der Waals surface area contributed by atoms with Gasteiger partial charge >= 0.3 is 0 Å². The molecule has 1 N–H and O–H groups in total. The Labute approximate surface area is 121 Å². The summed E-state index contributed by atoms with van der Waals surface area (Å²) >= 11 is 7.90. The van der Waals surface area contributed by atoms with Gasteiger partial charge < -0.3 is 5.32 Å². The van der Waals surface area contributed by atoms with E-state index in [-0.39, 0.29) is 0 Å². The summed E-state index contributed by atoms with van der Waals surface area (Å²) in [6.45, 7) is 6.73. The molecule has 1 aromatic carbocycles. The van der Waals surface area contributed by atoms with Crippen LogP contribution >= 0.6 is 23.4 Å². The smallest absolute Gasteiger partial charge is 0.0406 e. The first kappa shape index (κ1) is 15.9. The molecule has 0 spiro atoms. The van der Waals surface area contributed by atoms with Gasteiger partial charge in [-0.15, -0.1) is 0 Å². The highest BCUT2D eigenvalue weighted by molar-refractivity contribution is 7.99. The average Bonchev–Trinajstić information content (AvgIpc) is 2.32. The van der Waals surface area contributed by atoms with Crippen LogP contribution in [0, 0.1) is 0 Å². The molecule has 0 aliphatic heterocycles. The third kappa shape index (κ3) is 6.67. The first-order chi connectivity index (χ1) is 8.61. The molecule has 1 nitrogen and oxygen atoms in total. The maximum absolute atomic E-state index is 5.89. The van der Waals surface area contributed by atoms with Crippen molar-refractivity contribution in [3.63, 3.8) is 0 Å². The number of hydrogen-bond donors (Lipinski definition) is 1. The molecule has 18 heavy (non-hydrogen) atoms. The second kappa shape index (κ2) is 8.84. The number of hydrogen-bond acceptors (Lipinski definition) is 2. The molecule has 0 radical (unpaired) electrons. The van der Waals surface area contributed by atoms with E-state index in [4.69, 9.17) is 11.6 Å². The number of rotatable bonds is 8. The largest absolute Gasteiger partial charge is 0.311 e. The zero-order valence-corrected chi connectivity index (χ0v) is 13.2. The van der Waals surface area contributed by atoms with Gasteiger partial charge in [0.05, 0.1) is 0 Å². The van der Waals surface area contributed by atoms with Gasteiger partial charge in [0, 0.05) is 17.1 Å². The van der Waals surface area contributed by atoms with Gasteiger partial charge in [-0.1, -0.05) is 30.7 Å². The van der Waals surface area contributed by atoms with E-state index in [1.807, 2.05) is 23.9 Å². The first-order valence-electron chi connectivity index (χ1n) is 6.70. The van der Waals surface area contributed by atoms with Crippen LogP contribution in [0.5, 0.6) is 0 Å². The van der Waals surface area contributed by atoms with Crippen molar-refractivity contribution < 1.29 is 0 Å². The SMILES string of the molecule is CCSCCC(C)NC(C)Cc1ccc(Cl)cc1. The van der Waals surface area contributed by atoms with E-state index < -0.39 is 0 Å². The second-order valence-electron chi connectivity index (χ2n) is 4.78. The van der Waals surface area contributed by atoms with E-state index in [1.165, 1.54) is 23.5 Å². The minimum atomic E-state index is 0.507. The predicted octanol–water partition coefficient (Wildman–Crippen LogP) is 4.39. The Morgan fingerprint density at radius 1 is 1.17 bits per heavy atom. The van der Waals surface area contributed by atoms with E-state index in [2.05, 4.69) is 38.2 Å².